The normalized spacial score (nSPS) is 28.3. The standard InChI is InChI=1S/C13H28N2S/c1-6-14-12-7-8-15(9-11(12)2)10-13(3,4)16-5/h11-12,14H,6-10H2,1-5H3. The van der Waals surface area contributed by atoms with E-state index in [9.17, 15) is 0 Å². The third-order valence-corrected chi connectivity index (χ3v) is 4.85. The summed E-state index contributed by atoms with van der Waals surface area (Å²) in [6.07, 6.45) is 3.52. The molecule has 0 saturated carbocycles. The quantitative estimate of drug-likeness (QED) is 0.800. The van der Waals surface area contributed by atoms with Crippen LogP contribution in [0.15, 0.2) is 0 Å². The van der Waals surface area contributed by atoms with Crippen molar-refractivity contribution in [3.8, 4) is 0 Å². The van der Waals surface area contributed by atoms with Crippen LogP contribution in [0, 0.1) is 5.92 Å². The van der Waals surface area contributed by atoms with Gasteiger partial charge in [0.1, 0.15) is 0 Å². The van der Waals surface area contributed by atoms with Gasteiger partial charge in [-0.1, -0.05) is 13.8 Å². The highest BCUT2D eigenvalue weighted by molar-refractivity contribution is 7.99. The average Bonchev–Trinajstić information content (AvgIpc) is 2.22. The molecule has 2 unspecified atom stereocenters. The number of hydrogen-bond donors (Lipinski definition) is 1. The summed E-state index contributed by atoms with van der Waals surface area (Å²) >= 11 is 1.98. The van der Waals surface area contributed by atoms with Gasteiger partial charge in [-0.25, -0.2) is 0 Å². The van der Waals surface area contributed by atoms with E-state index in [2.05, 4.69) is 44.2 Å². The molecule has 0 aromatic heterocycles. The van der Waals surface area contributed by atoms with Crippen LogP contribution in [-0.2, 0) is 0 Å². The van der Waals surface area contributed by atoms with Gasteiger partial charge in [0.2, 0.25) is 0 Å². The van der Waals surface area contributed by atoms with E-state index in [0.717, 1.165) is 18.5 Å². The zero-order valence-corrected chi connectivity index (χ0v) is 12.4. The van der Waals surface area contributed by atoms with Crippen molar-refractivity contribution < 1.29 is 0 Å². The Bertz CT molecular complexity index is 206. The molecule has 0 bridgehead atoms. The number of hydrogen-bond acceptors (Lipinski definition) is 3. The summed E-state index contributed by atoms with van der Waals surface area (Å²) in [5.74, 6) is 0.784. The molecule has 96 valence electrons. The van der Waals surface area contributed by atoms with Crippen LogP contribution in [0.3, 0.4) is 0 Å². The summed E-state index contributed by atoms with van der Waals surface area (Å²) < 4.78 is 0.394. The predicted molar refractivity (Wildman–Crippen MR) is 75.3 cm³/mol. The third kappa shape index (κ3) is 4.27. The minimum absolute atomic E-state index is 0.394. The predicted octanol–water partition coefficient (Wildman–Crippen LogP) is 2.45. The second-order valence-electron chi connectivity index (χ2n) is 5.63. The monoisotopic (exact) mass is 244 g/mol. The van der Waals surface area contributed by atoms with Crippen LogP contribution >= 0.6 is 11.8 Å². The van der Waals surface area contributed by atoms with E-state index in [4.69, 9.17) is 0 Å². The molecule has 0 aromatic carbocycles. The van der Waals surface area contributed by atoms with E-state index in [1.807, 2.05) is 11.8 Å². The number of likely N-dealkylation sites (tertiary alicyclic amines) is 1. The molecule has 2 atom stereocenters. The van der Waals surface area contributed by atoms with Crippen molar-refractivity contribution in [1.82, 2.24) is 10.2 Å². The maximum Gasteiger partial charge on any atom is 0.0227 e. The molecule has 3 heteroatoms. The summed E-state index contributed by atoms with van der Waals surface area (Å²) in [7, 11) is 0. The Morgan fingerprint density at radius 2 is 2.12 bits per heavy atom. The van der Waals surface area contributed by atoms with Crippen LogP contribution in [0.1, 0.15) is 34.1 Å². The Kier molecular flexibility index (Phi) is 5.62. The number of thioether (sulfide) groups is 1. The van der Waals surface area contributed by atoms with Crippen LogP contribution in [0.4, 0.5) is 0 Å². The topological polar surface area (TPSA) is 15.3 Å². The van der Waals surface area contributed by atoms with E-state index in [-0.39, 0.29) is 0 Å². The lowest BCUT2D eigenvalue weighted by Gasteiger charge is -2.40. The molecule has 0 spiro atoms. The van der Waals surface area contributed by atoms with Crippen molar-refractivity contribution in [2.45, 2.75) is 44.9 Å². The first kappa shape index (κ1) is 14.3. The van der Waals surface area contributed by atoms with Crippen LogP contribution in [0.5, 0.6) is 0 Å². The summed E-state index contributed by atoms with van der Waals surface area (Å²) in [4.78, 5) is 2.63. The Hall–Kier alpha value is 0.270. The summed E-state index contributed by atoms with van der Waals surface area (Å²) in [6.45, 7) is 14.1. The van der Waals surface area contributed by atoms with Crippen molar-refractivity contribution in [3.05, 3.63) is 0 Å². The van der Waals surface area contributed by atoms with Gasteiger partial charge in [0.15, 0.2) is 0 Å². The van der Waals surface area contributed by atoms with Crippen LogP contribution < -0.4 is 5.32 Å². The first-order chi connectivity index (χ1) is 7.48. The van der Waals surface area contributed by atoms with Gasteiger partial charge in [-0.2, -0.15) is 11.8 Å². The lowest BCUT2D eigenvalue weighted by Crippen LogP contribution is -2.50. The number of rotatable bonds is 5. The van der Waals surface area contributed by atoms with Gasteiger partial charge in [-0.3, -0.25) is 0 Å². The molecule has 16 heavy (non-hydrogen) atoms. The first-order valence-electron chi connectivity index (χ1n) is 6.49. The lowest BCUT2D eigenvalue weighted by atomic mass is 9.93. The fraction of sp³-hybridized carbons (Fsp3) is 1.00. The molecule has 1 aliphatic rings. The second-order valence-corrected chi connectivity index (χ2v) is 7.14. The van der Waals surface area contributed by atoms with Crippen molar-refractivity contribution >= 4 is 11.8 Å². The average molecular weight is 244 g/mol. The molecule has 1 rings (SSSR count). The molecule has 0 aromatic rings. The molecule has 1 heterocycles. The highest BCUT2D eigenvalue weighted by Crippen LogP contribution is 2.25. The van der Waals surface area contributed by atoms with Gasteiger partial charge >= 0.3 is 0 Å². The van der Waals surface area contributed by atoms with Gasteiger partial charge in [0, 0.05) is 23.9 Å². The Balaban J connectivity index is 2.39. The van der Waals surface area contributed by atoms with E-state index in [1.165, 1.54) is 26.1 Å². The SMILES string of the molecule is CCNC1CCN(CC(C)(C)SC)CC1C. The fourth-order valence-electron chi connectivity index (χ4n) is 2.54. The van der Waals surface area contributed by atoms with Gasteiger partial charge in [0.05, 0.1) is 0 Å². The van der Waals surface area contributed by atoms with Crippen LogP contribution in [0.2, 0.25) is 0 Å². The van der Waals surface area contributed by atoms with Crippen molar-refractivity contribution in [1.29, 1.82) is 0 Å². The van der Waals surface area contributed by atoms with Crippen molar-refractivity contribution in [2.75, 3.05) is 32.4 Å². The van der Waals surface area contributed by atoms with E-state index in [1.54, 1.807) is 0 Å². The first-order valence-corrected chi connectivity index (χ1v) is 7.72. The number of nitrogens with zero attached hydrogens (tertiary/aromatic N) is 1. The van der Waals surface area contributed by atoms with Gasteiger partial charge in [-0.05, 0) is 45.5 Å². The van der Waals surface area contributed by atoms with Crippen LogP contribution in [0.25, 0.3) is 0 Å². The molecule has 0 radical (unpaired) electrons. The van der Waals surface area contributed by atoms with Crippen molar-refractivity contribution in [2.24, 2.45) is 5.92 Å². The van der Waals surface area contributed by atoms with Gasteiger partial charge in [-0.15, -0.1) is 0 Å². The fourth-order valence-corrected chi connectivity index (χ4v) is 2.86. The second kappa shape index (κ2) is 6.27. The molecule has 0 aliphatic carbocycles. The Morgan fingerprint density at radius 3 is 2.62 bits per heavy atom. The molecular formula is C13H28N2S. The highest BCUT2D eigenvalue weighted by Gasteiger charge is 2.28. The molecule has 0 amide bonds. The third-order valence-electron chi connectivity index (χ3n) is 3.61. The lowest BCUT2D eigenvalue weighted by molar-refractivity contribution is 0.141. The molecule has 1 fully saturated rings. The zero-order chi connectivity index (χ0) is 12.2. The molecule has 1 saturated heterocycles. The largest absolute Gasteiger partial charge is 0.314 e. The highest BCUT2D eigenvalue weighted by atomic mass is 32.2. The van der Waals surface area contributed by atoms with E-state index >= 15 is 0 Å². The molecule has 2 nitrogen and oxygen atoms in total. The Labute approximate surface area is 106 Å². The summed E-state index contributed by atoms with van der Waals surface area (Å²) in [5, 5.41) is 3.60. The van der Waals surface area contributed by atoms with Crippen molar-refractivity contribution in [3.63, 3.8) is 0 Å². The molecule has 1 N–H and O–H groups in total. The number of piperidine rings is 1. The van der Waals surface area contributed by atoms with Gasteiger partial charge < -0.3 is 10.2 Å². The van der Waals surface area contributed by atoms with Crippen LogP contribution in [-0.4, -0.2) is 48.1 Å². The minimum Gasteiger partial charge on any atom is -0.314 e. The van der Waals surface area contributed by atoms with E-state index in [0.29, 0.717) is 4.75 Å². The molecule has 1 aliphatic heterocycles. The van der Waals surface area contributed by atoms with Gasteiger partial charge in [0.25, 0.3) is 0 Å². The number of nitrogens with one attached hydrogen (secondary N) is 1. The maximum absolute atomic E-state index is 3.60. The summed E-state index contributed by atoms with van der Waals surface area (Å²) in [5.41, 5.74) is 0. The smallest absolute Gasteiger partial charge is 0.0227 e. The Morgan fingerprint density at radius 1 is 1.44 bits per heavy atom. The van der Waals surface area contributed by atoms with E-state index < -0.39 is 0 Å². The minimum atomic E-state index is 0.394. The maximum atomic E-state index is 3.60. The molecular weight excluding hydrogens is 216 g/mol. The zero-order valence-electron chi connectivity index (χ0n) is 11.5. The summed E-state index contributed by atoms with van der Waals surface area (Å²) in [6, 6.07) is 0.735.